The standard InChI is InChI=1S/C11H17FN4O.ClH/c12-9-6-14-10(15-7-9)16-8-11(17)2-1-4-13-5-3-11;/h6-7,13,17H,1-5,8H2,(H,14,15,16);1H. The van der Waals surface area contributed by atoms with Gasteiger partial charge in [0.1, 0.15) is 0 Å². The Hall–Kier alpha value is -0.980. The summed E-state index contributed by atoms with van der Waals surface area (Å²) in [4.78, 5) is 7.59. The largest absolute Gasteiger partial charge is 0.388 e. The van der Waals surface area contributed by atoms with Gasteiger partial charge in [-0.3, -0.25) is 0 Å². The fourth-order valence-electron chi connectivity index (χ4n) is 1.94. The molecule has 0 aromatic carbocycles. The van der Waals surface area contributed by atoms with Gasteiger partial charge in [0.2, 0.25) is 5.95 Å². The third-order valence-electron chi connectivity index (χ3n) is 2.96. The summed E-state index contributed by atoms with van der Waals surface area (Å²) in [6, 6.07) is 0. The van der Waals surface area contributed by atoms with Crippen LogP contribution >= 0.6 is 12.4 Å². The van der Waals surface area contributed by atoms with Gasteiger partial charge in [-0.1, -0.05) is 0 Å². The molecule has 1 aromatic rings. The van der Waals surface area contributed by atoms with Gasteiger partial charge in [0, 0.05) is 6.54 Å². The van der Waals surface area contributed by atoms with Crippen molar-refractivity contribution >= 4 is 18.4 Å². The number of aliphatic hydroxyl groups is 1. The molecule has 18 heavy (non-hydrogen) atoms. The van der Waals surface area contributed by atoms with Crippen molar-refractivity contribution in [3.8, 4) is 0 Å². The van der Waals surface area contributed by atoms with Crippen LogP contribution in [0, 0.1) is 5.82 Å². The Kier molecular flexibility index (Phi) is 5.71. The zero-order valence-corrected chi connectivity index (χ0v) is 10.8. The highest BCUT2D eigenvalue weighted by atomic mass is 35.5. The van der Waals surface area contributed by atoms with E-state index in [4.69, 9.17) is 0 Å². The van der Waals surface area contributed by atoms with E-state index < -0.39 is 11.4 Å². The molecule has 0 amide bonds. The fraction of sp³-hybridized carbons (Fsp3) is 0.636. The number of anilines is 1. The van der Waals surface area contributed by atoms with Crippen molar-refractivity contribution < 1.29 is 9.50 Å². The number of aromatic nitrogens is 2. The normalized spacial score (nSPS) is 23.9. The molecule has 1 aliphatic rings. The van der Waals surface area contributed by atoms with Crippen molar-refractivity contribution in [3.63, 3.8) is 0 Å². The number of rotatable bonds is 3. The SMILES string of the molecule is Cl.OC1(CNc2ncc(F)cn2)CCCNCC1. The maximum atomic E-state index is 12.6. The Morgan fingerprint density at radius 3 is 2.78 bits per heavy atom. The molecule has 0 radical (unpaired) electrons. The Bertz CT molecular complexity index is 355. The van der Waals surface area contributed by atoms with Gasteiger partial charge in [-0.05, 0) is 32.4 Å². The van der Waals surface area contributed by atoms with Crippen molar-refractivity contribution in [1.29, 1.82) is 0 Å². The Labute approximate surface area is 112 Å². The zero-order chi connectivity index (χ0) is 12.1. The summed E-state index contributed by atoms with van der Waals surface area (Å²) < 4.78 is 12.6. The van der Waals surface area contributed by atoms with E-state index in [1.54, 1.807) is 0 Å². The van der Waals surface area contributed by atoms with Crippen LogP contribution < -0.4 is 10.6 Å². The summed E-state index contributed by atoms with van der Waals surface area (Å²) in [5.74, 6) is -0.120. The van der Waals surface area contributed by atoms with Crippen LogP contribution in [-0.2, 0) is 0 Å². The first-order valence-corrected chi connectivity index (χ1v) is 5.82. The highest BCUT2D eigenvalue weighted by Crippen LogP contribution is 2.19. The summed E-state index contributed by atoms with van der Waals surface area (Å²) in [5.41, 5.74) is -0.735. The van der Waals surface area contributed by atoms with Crippen LogP contribution in [0.5, 0.6) is 0 Å². The van der Waals surface area contributed by atoms with Crippen molar-refractivity contribution in [1.82, 2.24) is 15.3 Å². The first-order chi connectivity index (χ1) is 8.18. The first kappa shape index (κ1) is 15.1. The van der Waals surface area contributed by atoms with E-state index in [2.05, 4.69) is 20.6 Å². The molecule has 1 aromatic heterocycles. The Morgan fingerprint density at radius 1 is 1.33 bits per heavy atom. The molecule has 5 nitrogen and oxygen atoms in total. The van der Waals surface area contributed by atoms with Gasteiger partial charge in [-0.2, -0.15) is 0 Å². The maximum Gasteiger partial charge on any atom is 0.222 e. The van der Waals surface area contributed by atoms with E-state index >= 15 is 0 Å². The lowest BCUT2D eigenvalue weighted by atomic mass is 9.95. The highest BCUT2D eigenvalue weighted by molar-refractivity contribution is 5.85. The second-order valence-corrected chi connectivity index (χ2v) is 4.41. The maximum absolute atomic E-state index is 12.6. The Morgan fingerprint density at radius 2 is 2.06 bits per heavy atom. The second kappa shape index (κ2) is 6.82. The van der Waals surface area contributed by atoms with Crippen molar-refractivity contribution in [3.05, 3.63) is 18.2 Å². The number of nitrogens with one attached hydrogen (secondary N) is 2. The predicted molar refractivity (Wildman–Crippen MR) is 69.4 cm³/mol. The molecule has 7 heteroatoms. The summed E-state index contributed by atoms with van der Waals surface area (Å²) in [6.45, 7) is 2.14. The number of hydrogen-bond acceptors (Lipinski definition) is 5. The molecular weight excluding hydrogens is 259 g/mol. The zero-order valence-electron chi connectivity index (χ0n) is 10.0. The van der Waals surface area contributed by atoms with E-state index in [9.17, 15) is 9.50 Å². The van der Waals surface area contributed by atoms with Crippen molar-refractivity contribution in [2.75, 3.05) is 25.0 Å². The predicted octanol–water partition coefficient (Wildman–Crippen LogP) is 0.954. The van der Waals surface area contributed by atoms with Gasteiger partial charge in [-0.25, -0.2) is 14.4 Å². The summed E-state index contributed by atoms with van der Waals surface area (Å²) in [5, 5.41) is 16.5. The minimum atomic E-state index is -0.735. The van der Waals surface area contributed by atoms with Gasteiger partial charge >= 0.3 is 0 Å². The van der Waals surface area contributed by atoms with Crippen LogP contribution in [0.3, 0.4) is 0 Å². The lowest BCUT2D eigenvalue weighted by molar-refractivity contribution is 0.0412. The third-order valence-corrected chi connectivity index (χ3v) is 2.96. The first-order valence-electron chi connectivity index (χ1n) is 5.82. The molecular formula is C11H18ClFN4O. The van der Waals surface area contributed by atoms with Crippen LogP contribution in [0.1, 0.15) is 19.3 Å². The molecule has 0 saturated carbocycles. The lowest BCUT2D eigenvalue weighted by Gasteiger charge is -2.26. The smallest absolute Gasteiger partial charge is 0.222 e. The van der Waals surface area contributed by atoms with E-state index in [1.807, 2.05) is 0 Å². The quantitative estimate of drug-likeness (QED) is 0.767. The third kappa shape index (κ3) is 4.36. The molecule has 1 aliphatic heterocycles. The molecule has 0 aliphatic carbocycles. The minimum Gasteiger partial charge on any atom is -0.388 e. The molecule has 1 atom stereocenters. The molecule has 1 unspecified atom stereocenters. The highest BCUT2D eigenvalue weighted by Gasteiger charge is 2.27. The number of hydrogen-bond donors (Lipinski definition) is 3. The average molecular weight is 277 g/mol. The van der Waals surface area contributed by atoms with E-state index in [0.29, 0.717) is 18.9 Å². The second-order valence-electron chi connectivity index (χ2n) is 4.41. The molecule has 102 valence electrons. The van der Waals surface area contributed by atoms with Crippen LogP contribution in [0.15, 0.2) is 12.4 Å². The van der Waals surface area contributed by atoms with Crippen LogP contribution in [0.25, 0.3) is 0 Å². The van der Waals surface area contributed by atoms with Gasteiger partial charge in [0.15, 0.2) is 5.82 Å². The van der Waals surface area contributed by atoms with Gasteiger partial charge < -0.3 is 15.7 Å². The average Bonchev–Trinajstić information content (AvgIpc) is 2.54. The monoisotopic (exact) mass is 276 g/mol. The molecule has 0 bridgehead atoms. The van der Waals surface area contributed by atoms with E-state index in [-0.39, 0.29) is 12.4 Å². The van der Waals surface area contributed by atoms with E-state index in [0.717, 1.165) is 38.3 Å². The van der Waals surface area contributed by atoms with Crippen LogP contribution in [-0.4, -0.2) is 40.3 Å². The molecule has 1 fully saturated rings. The molecule has 1 saturated heterocycles. The van der Waals surface area contributed by atoms with Gasteiger partial charge in [0.05, 0.1) is 18.0 Å². The molecule has 3 N–H and O–H groups in total. The molecule has 0 spiro atoms. The number of halogens is 2. The summed E-state index contributed by atoms with van der Waals surface area (Å²) >= 11 is 0. The van der Waals surface area contributed by atoms with Crippen molar-refractivity contribution in [2.45, 2.75) is 24.9 Å². The molecule has 2 heterocycles. The van der Waals surface area contributed by atoms with Crippen molar-refractivity contribution in [2.24, 2.45) is 0 Å². The number of nitrogens with zero attached hydrogens (tertiary/aromatic N) is 2. The Balaban J connectivity index is 0.00000162. The van der Waals surface area contributed by atoms with Crippen LogP contribution in [0.2, 0.25) is 0 Å². The minimum absolute atomic E-state index is 0. The van der Waals surface area contributed by atoms with Gasteiger partial charge in [0.25, 0.3) is 0 Å². The topological polar surface area (TPSA) is 70.1 Å². The van der Waals surface area contributed by atoms with Gasteiger partial charge in [-0.15, -0.1) is 12.4 Å². The molecule has 2 rings (SSSR count). The summed E-state index contributed by atoms with van der Waals surface area (Å²) in [7, 11) is 0. The lowest BCUT2D eigenvalue weighted by Crippen LogP contribution is -2.38. The summed E-state index contributed by atoms with van der Waals surface area (Å²) in [6.07, 6.45) is 4.60. The van der Waals surface area contributed by atoms with Crippen LogP contribution in [0.4, 0.5) is 10.3 Å². The van der Waals surface area contributed by atoms with E-state index in [1.165, 1.54) is 0 Å². The fourth-order valence-corrected chi connectivity index (χ4v) is 1.94.